The molecule has 0 atom stereocenters. The van der Waals surface area contributed by atoms with Gasteiger partial charge < -0.3 is 8.99 Å². The van der Waals surface area contributed by atoms with Gasteiger partial charge in [0, 0.05) is 12.4 Å². The Hall–Kier alpha value is -1.88. The Morgan fingerprint density at radius 2 is 2.05 bits per heavy atom. The van der Waals surface area contributed by atoms with Crippen molar-refractivity contribution in [2.24, 2.45) is 4.99 Å². The third-order valence-corrected chi connectivity index (χ3v) is 3.81. The monoisotopic (exact) mass is 301 g/mol. The van der Waals surface area contributed by atoms with E-state index in [1.807, 2.05) is 32.3 Å². The van der Waals surface area contributed by atoms with E-state index in [2.05, 4.69) is 46.7 Å². The molecule has 112 valence electrons. The highest BCUT2D eigenvalue weighted by Crippen LogP contribution is 2.28. The maximum absolute atomic E-state index is 5.96. The fraction of sp³-hybridized carbons (Fsp3) is 0.375. The minimum atomic E-state index is -1.13. The molecule has 0 aliphatic heterocycles. The zero-order chi connectivity index (χ0) is 15.4. The van der Waals surface area contributed by atoms with Crippen LogP contribution >= 0.6 is 0 Å². The molecule has 2 aromatic rings. The molecule has 0 amide bonds. The molecule has 21 heavy (non-hydrogen) atoms. The highest BCUT2D eigenvalue weighted by atomic mass is 28.3. The summed E-state index contributed by atoms with van der Waals surface area (Å²) in [5.74, 6) is 1.90. The Bertz CT molecular complexity index is 647. The second-order valence-electron chi connectivity index (χ2n) is 5.53. The summed E-state index contributed by atoms with van der Waals surface area (Å²) in [5, 5.41) is 0. The van der Waals surface area contributed by atoms with Gasteiger partial charge in [0.1, 0.15) is 17.3 Å². The topological polar surface area (TPSA) is 39.4 Å². The van der Waals surface area contributed by atoms with E-state index >= 15 is 0 Å². The van der Waals surface area contributed by atoms with E-state index in [1.165, 1.54) is 5.56 Å². The number of aliphatic imine (C=N–C) groups is 1. The summed E-state index contributed by atoms with van der Waals surface area (Å²) >= 11 is 0. The smallest absolute Gasteiger partial charge is 0.229 e. The molecule has 0 N–H and O–H groups in total. The second kappa shape index (κ2) is 6.71. The zero-order valence-electron chi connectivity index (χ0n) is 13.4. The van der Waals surface area contributed by atoms with Crippen LogP contribution in [0.4, 0.5) is 5.69 Å². The van der Waals surface area contributed by atoms with Crippen LogP contribution in [0.15, 0.2) is 29.4 Å². The normalized spacial score (nSPS) is 11.5. The minimum absolute atomic E-state index is 0.721. The van der Waals surface area contributed by atoms with Crippen LogP contribution in [0.2, 0.25) is 13.1 Å². The average molecular weight is 301 g/mol. The van der Waals surface area contributed by atoms with E-state index in [9.17, 15) is 0 Å². The van der Waals surface area contributed by atoms with Gasteiger partial charge in [-0.3, -0.25) is 4.99 Å². The molecule has 0 aliphatic carbocycles. The highest BCUT2D eigenvalue weighted by molar-refractivity contribution is 6.49. The van der Waals surface area contributed by atoms with Crippen molar-refractivity contribution < 1.29 is 4.43 Å². The maximum atomic E-state index is 5.96. The van der Waals surface area contributed by atoms with Crippen LogP contribution in [-0.2, 0) is 6.54 Å². The molecule has 1 aromatic heterocycles. The number of rotatable bonds is 5. The summed E-state index contributed by atoms with van der Waals surface area (Å²) in [6.45, 7) is 11.1. The Morgan fingerprint density at radius 1 is 1.29 bits per heavy atom. The van der Waals surface area contributed by atoms with Gasteiger partial charge in [0.15, 0.2) is 0 Å². The summed E-state index contributed by atoms with van der Waals surface area (Å²) in [6, 6.07) is 6.14. The third-order valence-electron chi connectivity index (χ3n) is 3.08. The van der Waals surface area contributed by atoms with Crippen molar-refractivity contribution in [3.63, 3.8) is 0 Å². The fourth-order valence-electron chi connectivity index (χ4n) is 2.16. The first-order valence-corrected chi connectivity index (χ1v) is 10.0. The zero-order valence-corrected chi connectivity index (χ0v) is 14.6. The SMILES string of the molecule is Cc1ccc(N=CCn2cc(C)nc2C)c(O[SiH](C)C)c1. The van der Waals surface area contributed by atoms with Gasteiger partial charge in [-0.1, -0.05) is 6.07 Å². The molecule has 5 heteroatoms. The lowest BCUT2D eigenvalue weighted by Gasteiger charge is -2.12. The van der Waals surface area contributed by atoms with Crippen molar-refractivity contribution >= 4 is 20.9 Å². The molecular formula is C16H23N3OSi. The molecule has 4 nitrogen and oxygen atoms in total. The summed E-state index contributed by atoms with van der Waals surface area (Å²) < 4.78 is 8.05. The number of imidazole rings is 1. The summed E-state index contributed by atoms with van der Waals surface area (Å²) in [6.07, 6.45) is 3.95. The van der Waals surface area contributed by atoms with Crippen molar-refractivity contribution in [3.8, 4) is 5.75 Å². The molecule has 0 radical (unpaired) electrons. The van der Waals surface area contributed by atoms with Crippen LogP contribution in [0.5, 0.6) is 5.75 Å². The highest BCUT2D eigenvalue weighted by Gasteiger charge is 2.05. The van der Waals surface area contributed by atoms with Crippen molar-refractivity contribution in [1.29, 1.82) is 0 Å². The third kappa shape index (κ3) is 4.29. The Morgan fingerprint density at radius 3 is 2.67 bits per heavy atom. The average Bonchev–Trinajstić information content (AvgIpc) is 2.70. The van der Waals surface area contributed by atoms with E-state index in [1.54, 1.807) is 0 Å². The number of hydrogen-bond acceptors (Lipinski definition) is 3. The fourth-order valence-corrected chi connectivity index (χ4v) is 2.85. The molecule has 2 rings (SSSR count). The van der Waals surface area contributed by atoms with E-state index in [0.29, 0.717) is 0 Å². The van der Waals surface area contributed by atoms with Gasteiger partial charge >= 0.3 is 0 Å². The number of benzene rings is 1. The van der Waals surface area contributed by atoms with E-state index in [0.717, 1.165) is 29.5 Å². The second-order valence-corrected chi connectivity index (χ2v) is 7.86. The van der Waals surface area contributed by atoms with Crippen LogP contribution in [0.3, 0.4) is 0 Å². The van der Waals surface area contributed by atoms with Gasteiger partial charge in [-0.15, -0.1) is 0 Å². The van der Waals surface area contributed by atoms with Crippen molar-refractivity contribution in [2.45, 2.75) is 40.4 Å². The van der Waals surface area contributed by atoms with Gasteiger partial charge in [-0.2, -0.15) is 0 Å². The molecule has 1 heterocycles. The van der Waals surface area contributed by atoms with Gasteiger partial charge in [-0.05, 0) is 51.6 Å². The number of aromatic nitrogens is 2. The van der Waals surface area contributed by atoms with Crippen molar-refractivity contribution in [1.82, 2.24) is 9.55 Å². The quantitative estimate of drug-likeness (QED) is 0.625. The first-order valence-electron chi connectivity index (χ1n) is 7.26. The van der Waals surface area contributed by atoms with Crippen LogP contribution in [0.25, 0.3) is 0 Å². The van der Waals surface area contributed by atoms with Crippen molar-refractivity contribution in [2.75, 3.05) is 0 Å². The molecule has 0 fully saturated rings. The predicted octanol–water partition coefficient (Wildman–Crippen LogP) is 3.57. The van der Waals surface area contributed by atoms with E-state index in [-0.39, 0.29) is 0 Å². The number of aryl methyl sites for hydroxylation is 3. The Kier molecular flexibility index (Phi) is 4.96. The molecule has 0 aliphatic rings. The van der Waals surface area contributed by atoms with Gasteiger partial charge in [0.05, 0.1) is 12.2 Å². The van der Waals surface area contributed by atoms with Crippen LogP contribution < -0.4 is 4.43 Å². The van der Waals surface area contributed by atoms with Crippen LogP contribution in [0, 0.1) is 20.8 Å². The maximum Gasteiger partial charge on any atom is 0.229 e. The van der Waals surface area contributed by atoms with Crippen LogP contribution in [-0.4, -0.2) is 24.8 Å². The minimum Gasteiger partial charge on any atom is -0.546 e. The first kappa shape index (κ1) is 15.5. The summed E-state index contributed by atoms with van der Waals surface area (Å²) in [5.41, 5.74) is 3.13. The molecular weight excluding hydrogens is 278 g/mol. The largest absolute Gasteiger partial charge is 0.546 e. The lowest BCUT2D eigenvalue weighted by molar-refractivity contribution is 0.581. The molecule has 0 unspecified atom stereocenters. The number of nitrogens with zero attached hydrogens (tertiary/aromatic N) is 3. The lowest BCUT2D eigenvalue weighted by atomic mass is 10.2. The molecule has 1 aromatic carbocycles. The number of hydrogen-bond donors (Lipinski definition) is 0. The molecule has 0 saturated carbocycles. The van der Waals surface area contributed by atoms with Crippen LogP contribution in [0.1, 0.15) is 17.1 Å². The van der Waals surface area contributed by atoms with Gasteiger partial charge in [0.25, 0.3) is 0 Å². The van der Waals surface area contributed by atoms with E-state index < -0.39 is 9.04 Å². The molecule has 0 spiro atoms. The molecule has 0 bridgehead atoms. The molecule has 0 saturated heterocycles. The standard InChI is InChI=1S/C16H23N3OSi/c1-12-6-7-15(16(10-12)20-21(4)5)17-8-9-19-11-13(2)18-14(19)3/h6-8,10-11,21H,9H2,1-5H3. The summed E-state index contributed by atoms with van der Waals surface area (Å²) in [7, 11) is -1.13. The Balaban J connectivity index is 2.15. The van der Waals surface area contributed by atoms with Crippen molar-refractivity contribution in [3.05, 3.63) is 41.5 Å². The van der Waals surface area contributed by atoms with Gasteiger partial charge in [-0.25, -0.2) is 4.98 Å². The first-order chi connectivity index (χ1) is 9.95. The lowest BCUT2D eigenvalue weighted by Crippen LogP contribution is -2.11. The van der Waals surface area contributed by atoms with E-state index in [4.69, 9.17) is 4.43 Å². The van der Waals surface area contributed by atoms with Gasteiger partial charge in [0.2, 0.25) is 9.04 Å². The predicted molar refractivity (Wildman–Crippen MR) is 90.5 cm³/mol. The Labute approximate surface area is 128 Å². The summed E-state index contributed by atoms with van der Waals surface area (Å²) in [4.78, 5) is 8.96.